The topological polar surface area (TPSA) is 72.4 Å². The Kier molecular flexibility index (Phi) is 3.44. The van der Waals surface area contributed by atoms with Crippen molar-refractivity contribution in [3.05, 3.63) is 71.3 Å². The van der Waals surface area contributed by atoms with Gasteiger partial charge in [-0.2, -0.15) is 9.61 Å². The first kappa shape index (κ1) is 15.1. The number of hydrogen-bond donors (Lipinski definition) is 0. The minimum atomic E-state index is 0.708. The van der Waals surface area contributed by atoms with Gasteiger partial charge in [-0.3, -0.25) is 0 Å². The Labute approximate surface area is 150 Å². The molecule has 5 rings (SSSR count). The van der Waals surface area contributed by atoms with E-state index in [9.17, 15) is 0 Å². The van der Waals surface area contributed by atoms with Crippen LogP contribution in [0.3, 0.4) is 0 Å². The lowest BCUT2D eigenvalue weighted by Crippen LogP contribution is -2.30. The van der Waals surface area contributed by atoms with Crippen molar-refractivity contribution in [2.75, 3.05) is 11.4 Å². The lowest BCUT2D eigenvalue weighted by molar-refractivity contribution is 0.454. The molecule has 0 radical (unpaired) electrons. The summed E-state index contributed by atoms with van der Waals surface area (Å²) in [6, 6.07) is 12.3. The molecule has 0 aliphatic carbocycles. The normalized spacial score (nSPS) is 14.0. The first-order valence-electron chi connectivity index (χ1n) is 8.70. The number of aromatic nitrogens is 5. The maximum absolute atomic E-state index is 6.01. The zero-order chi connectivity index (χ0) is 17.5. The van der Waals surface area contributed by atoms with Crippen LogP contribution in [0.2, 0.25) is 0 Å². The van der Waals surface area contributed by atoms with E-state index in [1.165, 1.54) is 5.56 Å². The number of nitrogens with zero attached hydrogens (tertiary/aromatic N) is 6. The van der Waals surface area contributed by atoms with Crippen molar-refractivity contribution in [1.29, 1.82) is 0 Å². The van der Waals surface area contributed by atoms with E-state index in [-0.39, 0.29) is 0 Å². The van der Waals surface area contributed by atoms with Gasteiger partial charge in [0.2, 0.25) is 5.65 Å². The highest BCUT2D eigenvalue weighted by molar-refractivity contribution is 5.68. The van der Waals surface area contributed by atoms with Gasteiger partial charge in [0.25, 0.3) is 0 Å². The Morgan fingerprint density at radius 3 is 2.96 bits per heavy atom. The highest BCUT2D eigenvalue weighted by atomic mass is 16.4. The van der Waals surface area contributed by atoms with Crippen LogP contribution in [-0.4, -0.2) is 31.3 Å². The number of oxazole rings is 1. The fraction of sp³-hybridized carbons (Fsp3) is 0.263. The van der Waals surface area contributed by atoms with Crippen molar-refractivity contribution in [3.63, 3.8) is 0 Å². The van der Waals surface area contributed by atoms with Crippen molar-refractivity contribution in [2.24, 2.45) is 0 Å². The van der Waals surface area contributed by atoms with Crippen molar-refractivity contribution in [1.82, 2.24) is 24.8 Å². The quantitative estimate of drug-likeness (QED) is 0.568. The summed E-state index contributed by atoms with van der Waals surface area (Å²) < 4.78 is 7.73. The number of benzene rings is 1. The van der Waals surface area contributed by atoms with Crippen LogP contribution in [-0.2, 0) is 19.4 Å². The summed E-state index contributed by atoms with van der Waals surface area (Å²) >= 11 is 0. The van der Waals surface area contributed by atoms with Gasteiger partial charge in [0, 0.05) is 19.4 Å². The number of aryl methyl sites for hydroxylation is 1. The molecular formula is C19H18N6O. The molecule has 0 N–H and O–H groups in total. The van der Waals surface area contributed by atoms with Crippen molar-refractivity contribution >= 4 is 11.3 Å². The summed E-state index contributed by atoms with van der Waals surface area (Å²) in [4.78, 5) is 7.02. The van der Waals surface area contributed by atoms with E-state index >= 15 is 0 Å². The molecule has 26 heavy (non-hydrogen) atoms. The molecule has 1 aliphatic heterocycles. The third-order valence-corrected chi connectivity index (χ3v) is 4.68. The number of fused-ring (bicyclic) bond motifs is 2. The number of rotatable bonds is 3. The van der Waals surface area contributed by atoms with Gasteiger partial charge in [-0.1, -0.05) is 30.3 Å². The van der Waals surface area contributed by atoms with Crippen LogP contribution in [0.25, 0.3) is 5.65 Å². The predicted molar refractivity (Wildman–Crippen MR) is 96.0 cm³/mol. The monoisotopic (exact) mass is 346 g/mol. The van der Waals surface area contributed by atoms with Crippen LogP contribution in [0.5, 0.6) is 0 Å². The summed E-state index contributed by atoms with van der Waals surface area (Å²) in [7, 11) is 0. The van der Waals surface area contributed by atoms with Crippen molar-refractivity contribution < 1.29 is 4.42 Å². The Morgan fingerprint density at radius 1 is 1.19 bits per heavy atom. The van der Waals surface area contributed by atoms with Crippen LogP contribution >= 0.6 is 0 Å². The second-order valence-corrected chi connectivity index (χ2v) is 6.58. The minimum Gasteiger partial charge on any atom is -0.445 e. The van der Waals surface area contributed by atoms with Gasteiger partial charge in [0.1, 0.15) is 17.8 Å². The lowest BCUT2D eigenvalue weighted by atomic mass is 10.1. The van der Waals surface area contributed by atoms with Crippen LogP contribution in [0, 0.1) is 6.92 Å². The zero-order valence-corrected chi connectivity index (χ0v) is 14.5. The maximum Gasteiger partial charge on any atom is 0.200 e. The molecule has 0 unspecified atom stereocenters. The molecule has 0 bridgehead atoms. The van der Waals surface area contributed by atoms with E-state index in [0.717, 1.165) is 53.8 Å². The molecule has 130 valence electrons. The van der Waals surface area contributed by atoms with Gasteiger partial charge in [-0.15, -0.1) is 10.2 Å². The van der Waals surface area contributed by atoms with Gasteiger partial charge in [0.05, 0.1) is 17.9 Å². The molecule has 0 saturated carbocycles. The average Bonchev–Trinajstić information content (AvgIpc) is 3.27. The van der Waals surface area contributed by atoms with E-state index in [4.69, 9.17) is 9.40 Å². The van der Waals surface area contributed by atoms with Crippen molar-refractivity contribution in [3.8, 4) is 0 Å². The standard InChI is InChI=1S/C19H18N6O/c1-13-9-16(19-22-20-12-25(19)23-13)24-8-7-17-15(11-24)21-18(26-17)10-14-5-3-2-4-6-14/h2-6,9,12H,7-8,10-11H2,1H3. The molecular weight excluding hydrogens is 328 g/mol. The van der Waals surface area contributed by atoms with Gasteiger partial charge in [0.15, 0.2) is 5.89 Å². The van der Waals surface area contributed by atoms with Crippen LogP contribution < -0.4 is 4.90 Å². The summed E-state index contributed by atoms with van der Waals surface area (Å²) in [5, 5.41) is 12.6. The van der Waals surface area contributed by atoms with Gasteiger partial charge < -0.3 is 9.32 Å². The first-order chi connectivity index (χ1) is 12.8. The minimum absolute atomic E-state index is 0.708. The lowest BCUT2D eigenvalue weighted by Gasteiger charge is -2.27. The van der Waals surface area contributed by atoms with E-state index < -0.39 is 0 Å². The average molecular weight is 346 g/mol. The SMILES string of the molecule is Cc1cc(N2CCc3oc(Cc4ccccc4)nc3C2)c2nncn2n1. The van der Waals surface area contributed by atoms with E-state index in [0.29, 0.717) is 6.54 Å². The van der Waals surface area contributed by atoms with Gasteiger partial charge in [-0.25, -0.2) is 4.98 Å². The Hall–Kier alpha value is -3.22. The molecule has 0 spiro atoms. The fourth-order valence-corrected chi connectivity index (χ4v) is 3.47. The third-order valence-electron chi connectivity index (χ3n) is 4.68. The molecule has 0 saturated heterocycles. The molecule has 4 aromatic rings. The molecule has 0 amide bonds. The Balaban J connectivity index is 1.44. The van der Waals surface area contributed by atoms with Crippen LogP contribution in [0.15, 0.2) is 47.1 Å². The zero-order valence-electron chi connectivity index (χ0n) is 14.5. The molecule has 1 aliphatic rings. The molecule has 7 nitrogen and oxygen atoms in total. The molecule has 4 heterocycles. The Morgan fingerprint density at radius 2 is 2.08 bits per heavy atom. The van der Waals surface area contributed by atoms with Gasteiger partial charge in [-0.05, 0) is 18.6 Å². The van der Waals surface area contributed by atoms with E-state index in [2.05, 4.69) is 38.4 Å². The Bertz CT molecular complexity index is 1070. The molecule has 1 aromatic carbocycles. The third kappa shape index (κ3) is 2.61. The van der Waals surface area contributed by atoms with Gasteiger partial charge >= 0.3 is 0 Å². The summed E-state index contributed by atoms with van der Waals surface area (Å²) in [5.41, 5.74) is 4.95. The number of hydrogen-bond acceptors (Lipinski definition) is 6. The largest absolute Gasteiger partial charge is 0.445 e. The smallest absolute Gasteiger partial charge is 0.200 e. The number of anilines is 1. The highest BCUT2D eigenvalue weighted by Gasteiger charge is 2.24. The predicted octanol–water partition coefficient (Wildman–Crippen LogP) is 2.57. The molecule has 0 fully saturated rings. The second-order valence-electron chi connectivity index (χ2n) is 6.58. The van der Waals surface area contributed by atoms with Crippen LogP contribution in [0.4, 0.5) is 5.69 Å². The van der Waals surface area contributed by atoms with E-state index in [1.54, 1.807) is 10.8 Å². The van der Waals surface area contributed by atoms with Crippen LogP contribution in [0.1, 0.15) is 28.6 Å². The summed E-state index contributed by atoms with van der Waals surface area (Å²) in [6.45, 7) is 3.55. The van der Waals surface area contributed by atoms with Crippen molar-refractivity contribution in [2.45, 2.75) is 26.3 Å². The summed E-state index contributed by atoms with van der Waals surface area (Å²) in [6.07, 6.45) is 3.19. The molecule has 7 heteroatoms. The second kappa shape index (κ2) is 5.94. The fourth-order valence-electron chi connectivity index (χ4n) is 3.47. The summed E-state index contributed by atoms with van der Waals surface area (Å²) in [5.74, 6) is 1.78. The van der Waals surface area contributed by atoms with E-state index in [1.807, 2.05) is 25.1 Å². The first-order valence-corrected chi connectivity index (χ1v) is 8.70. The molecule has 0 atom stereocenters. The highest BCUT2D eigenvalue weighted by Crippen LogP contribution is 2.28. The maximum atomic E-state index is 6.01. The molecule has 3 aromatic heterocycles.